The van der Waals surface area contributed by atoms with Crippen molar-refractivity contribution in [2.75, 3.05) is 14.2 Å². The molecule has 0 N–H and O–H groups in total. The number of nitrogens with zero attached hydrogens (tertiary/aromatic N) is 1. The SMILES string of the molecule is C=CCc1ccc(OC)c(OC)n1. The van der Waals surface area contributed by atoms with Gasteiger partial charge in [0.2, 0.25) is 0 Å². The predicted octanol–water partition coefficient (Wildman–Crippen LogP) is 1.83. The fourth-order valence-corrected chi connectivity index (χ4v) is 1.03. The summed E-state index contributed by atoms with van der Waals surface area (Å²) in [6, 6.07) is 3.73. The van der Waals surface area contributed by atoms with Crippen LogP contribution in [-0.4, -0.2) is 19.2 Å². The summed E-state index contributed by atoms with van der Waals surface area (Å²) in [6.45, 7) is 3.64. The lowest BCUT2D eigenvalue weighted by Crippen LogP contribution is -1.96. The van der Waals surface area contributed by atoms with Crippen molar-refractivity contribution in [1.82, 2.24) is 4.98 Å². The standard InChI is InChI=1S/C10H13NO2/c1-4-5-8-6-7-9(12-2)10(11-8)13-3/h4,6-7H,1,5H2,2-3H3. The Morgan fingerprint density at radius 2 is 2.15 bits per heavy atom. The van der Waals surface area contributed by atoms with Crippen LogP contribution in [0.2, 0.25) is 0 Å². The zero-order valence-electron chi connectivity index (χ0n) is 7.91. The average molecular weight is 179 g/mol. The molecular formula is C10H13NO2. The van der Waals surface area contributed by atoms with Gasteiger partial charge in [-0.1, -0.05) is 6.08 Å². The van der Waals surface area contributed by atoms with Crippen LogP contribution in [0, 0.1) is 0 Å². The van der Waals surface area contributed by atoms with Crippen molar-refractivity contribution in [3.05, 3.63) is 30.5 Å². The van der Waals surface area contributed by atoms with E-state index in [1.807, 2.05) is 12.1 Å². The minimum Gasteiger partial charge on any atom is -0.491 e. The van der Waals surface area contributed by atoms with E-state index in [-0.39, 0.29) is 0 Å². The van der Waals surface area contributed by atoms with Crippen molar-refractivity contribution in [2.24, 2.45) is 0 Å². The molecule has 1 heterocycles. The zero-order valence-corrected chi connectivity index (χ0v) is 7.91. The van der Waals surface area contributed by atoms with Gasteiger partial charge in [0.1, 0.15) is 0 Å². The minimum absolute atomic E-state index is 0.516. The quantitative estimate of drug-likeness (QED) is 0.661. The molecule has 1 aromatic heterocycles. The van der Waals surface area contributed by atoms with E-state index in [9.17, 15) is 0 Å². The molecule has 70 valence electrons. The third-order valence-corrected chi connectivity index (χ3v) is 1.65. The van der Waals surface area contributed by atoms with Crippen molar-refractivity contribution in [3.8, 4) is 11.6 Å². The second-order valence-corrected chi connectivity index (χ2v) is 2.51. The first-order valence-corrected chi connectivity index (χ1v) is 4.00. The molecule has 0 atom stereocenters. The lowest BCUT2D eigenvalue weighted by molar-refractivity contribution is 0.342. The molecule has 13 heavy (non-hydrogen) atoms. The van der Waals surface area contributed by atoms with E-state index >= 15 is 0 Å². The Balaban J connectivity index is 2.98. The van der Waals surface area contributed by atoms with E-state index in [0.29, 0.717) is 11.6 Å². The summed E-state index contributed by atoms with van der Waals surface area (Å²) >= 11 is 0. The summed E-state index contributed by atoms with van der Waals surface area (Å²) in [5, 5.41) is 0. The van der Waals surface area contributed by atoms with Gasteiger partial charge >= 0.3 is 0 Å². The van der Waals surface area contributed by atoms with E-state index in [2.05, 4.69) is 11.6 Å². The van der Waals surface area contributed by atoms with Crippen LogP contribution in [0.4, 0.5) is 0 Å². The van der Waals surface area contributed by atoms with E-state index in [4.69, 9.17) is 9.47 Å². The molecular weight excluding hydrogens is 166 g/mol. The van der Waals surface area contributed by atoms with Crippen LogP contribution < -0.4 is 9.47 Å². The molecule has 0 aliphatic rings. The smallest absolute Gasteiger partial charge is 0.256 e. The molecule has 0 unspecified atom stereocenters. The van der Waals surface area contributed by atoms with Crippen LogP contribution in [-0.2, 0) is 6.42 Å². The van der Waals surface area contributed by atoms with Gasteiger partial charge in [0, 0.05) is 12.1 Å². The topological polar surface area (TPSA) is 31.4 Å². The van der Waals surface area contributed by atoms with Crippen molar-refractivity contribution in [1.29, 1.82) is 0 Å². The largest absolute Gasteiger partial charge is 0.491 e. The number of aromatic nitrogens is 1. The van der Waals surface area contributed by atoms with Crippen LogP contribution in [0.1, 0.15) is 5.69 Å². The Labute approximate surface area is 78.0 Å². The predicted molar refractivity (Wildman–Crippen MR) is 51.2 cm³/mol. The molecule has 1 aromatic rings. The molecule has 0 aliphatic heterocycles. The molecule has 0 bridgehead atoms. The number of allylic oxidation sites excluding steroid dienone is 1. The highest BCUT2D eigenvalue weighted by Crippen LogP contribution is 2.23. The summed E-state index contributed by atoms with van der Waals surface area (Å²) in [4.78, 5) is 4.23. The number of methoxy groups -OCH3 is 2. The second kappa shape index (κ2) is 4.50. The first-order valence-electron chi connectivity index (χ1n) is 4.00. The number of hydrogen-bond donors (Lipinski definition) is 0. The highest BCUT2D eigenvalue weighted by molar-refractivity contribution is 5.34. The lowest BCUT2D eigenvalue weighted by atomic mass is 10.2. The first-order chi connectivity index (χ1) is 6.31. The van der Waals surface area contributed by atoms with E-state index < -0.39 is 0 Å². The summed E-state index contributed by atoms with van der Waals surface area (Å²) in [5.74, 6) is 1.16. The molecule has 0 fully saturated rings. The molecule has 1 rings (SSSR count). The van der Waals surface area contributed by atoms with Crippen LogP contribution >= 0.6 is 0 Å². The summed E-state index contributed by atoms with van der Waals surface area (Å²) < 4.78 is 10.1. The zero-order chi connectivity index (χ0) is 9.68. The molecule has 3 nitrogen and oxygen atoms in total. The minimum atomic E-state index is 0.516. The Bertz CT molecular complexity index is 297. The van der Waals surface area contributed by atoms with Gasteiger partial charge in [0.05, 0.1) is 14.2 Å². The Morgan fingerprint density at radius 1 is 1.38 bits per heavy atom. The van der Waals surface area contributed by atoms with Crippen LogP contribution in [0.5, 0.6) is 11.6 Å². The van der Waals surface area contributed by atoms with E-state index in [1.54, 1.807) is 20.3 Å². The molecule has 0 spiro atoms. The van der Waals surface area contributed by atoms with E-state index in [1.165, 1.54) is 0 Å². The number of rotatable bonds is 4. The number of pyridine rings is 1. The normalized spacial score (nSPS) is 9.38. The van der Waals surface area contributed by atoms with Crippen molar-refractivity contribution in [2.45, 2.75) is 6.42 Å². The summed E-state index contributed by atoms with van der Waals surface area (Å²) in [5.41, 5.74) is 0.924. The Kier molecular flexibility index (Phi) is 3.31. The monoisotopic (exact) mass is 179 g/mol. The molecule has 0 amide bonds. The van der Waals surface area contributed by atoms with Crippen molar-refractivity contribution >= 4 is 0 Å². The highest BCUT2D eigenvalue weighted by Gasteiger charge is 2.04. The van der Waals surface area contributed by atoms with Crippen molar-refractivity contribution in [3.63, 3.8) is 0 Å². The average Bonchev–Trinajstić information content (AvgIpc) is 2.18. The van der Waals surface area contributed by atoms with E-state index in [0.717, 1.165) is 12.1 Å². The Hall–Kier alpha value is -1.51. The highest BCUT2D eigenvalue weighted by atomic mass is 16.5. The summed E-state index contributed by atoms with van der Waals surface area (Å²) in [7, 11) is 3.16. The maximum absolute atomic E-state index is 5.06. The number of ether oxygens (including phenoxy) is 2. The second-order valence-electron chi connectivity index (χ2n) is 2.51. The first kappa shape index (κ1) is 9.58. The molecule has 0 aromatic carbocycles. The van der Waals surface area contributed by atoms with Crippen molar-refractivity contribution < 1.29 is 9.47 Å². The fraction of sp³-hybridized carbons (Fsp3) is 0.300. The maximum atomic E-state index is 5.06. The van der Waals surface area contributed by atoms with Gasteiger partial charge in [0.25, 0.3) is 5.88 Å². The number of hydrogen-bond acceptors (Lipinski definition) is 3. The third kappa shape index (κ3) is 2.21. The lowest BCUT2D eigenvalue weighted by Gasteiger charge is -2.06. The van der Waals surface area contributed by atoms with Crippen LogP contribution in [0.15, 0.2) is 24.8 Å². The van der Waals surface area contributed by atoms with Gasteiger partial charge in [-0.2, -0.15) is 0 Å². The molecule has 0 saturated heterocycles. The molecule has 3 heteroatoms. The summed E-state index contributed by atoms with van der Waals surface area (Å²) in [6.07, 6.45) is 2.54. The van der Waals surface area contributed by atoms with Gasteiger partial charge in [-0.3, -0.25) is 0 Å². The molecule has 0 saturated carbocycles. The molecule has 0 radical (unpaired) electrons. The Morgan fingerprint density at radius 3 is 2.69 bits per heavy atom. The van der Waals surface area contributed by atoms with Gasteiger partial charge in [-0.15, -0.1) is 6.58 Å². The van der Waals surface area contributed by atoms with Gasteiger partial charge in [-0.05, 0) is 12.1 Å². The van der Waals surface area contributed by atoms with Crippen LogP contribution in [0.25, 0.3) is 0 Å². The van der Waals surface area contributed by atoms with Gasteiger partial charge in [0.15, 0.2) is 5.75 Å². The third-order valence-electron chi connectivity index (χ3n) is 1.65. The fourth-order valence-electron chi connectivity index (χ4n) is 1.03. The van der Waals surface area contributed by atoms with Gasteiger partial charge in [-0.25, -0.2) is 4.98 Å². The maximum Gasteiger partial charge on any atom is 0.256 e. The van der Waals surface area contributed by atoms with Crippen LogP contribution in [0.3, 0.4) is 0 Å². The molecule has 0 aliphatic carbocycles. The van der Waals surface area contributed by atoms with Gasteiger partial charge < -0.3 is 9.47 Å².